The zero-order valence-electron chi connectivity index (χ0n) is 19.7. The summed E-state index contributed by atoms with van der Waals surface area (Å²) in [7, 11) is 0. The van der Waals surface area contributed by atoms with Crippen molar-refractivity contribution in [2.24, 2.45) is 11.8 Å². The van der Waals surface area contributed by atoms with Gasteiger partial charge >= 0.3 is 11.9 Å². The van der Waals surface area contributed by atoms with E-state index in [2.05, 4.69) is 20.5 Å². The van der Waals surface area contributed by atoms with Gasteiger partial charge in [-0.1, -0.05) is 29.3 Å². The van der Waals surface area contributed by atoms with Gasteiger partial charge in [0.1, 0.15) is 23.5 Å². The number of rotatable bonds is 4. The first kappa shape index (κ1) is 28.7. The molecule has 0 aliphatic carbocycles. The minimum absolute atomic E-state index is 0.0214. The molecule has 4 N–H and O–H groups in total. The van der Waals surface area contributed by atoms with E-state index >= 15 is 0 Å². The number of aromatic amines is 1. The fourth-order valence-electron chi connectivity index (χ4n) is 4.83. The fraction of sp³-hybridized carbons (Fsp3) is 0.409. The number of halogens is 6. The summed E-state index contributed by atoms with van der Waals surface area (Å²) < 4.78 is 47.3. The summed E-state index contributed by atoms with van der Waals surface area (Å²) in [6.45, 7) is 1.97. The highest BCUT2D eigenvalue weighted by Gasteiger charge is 2.47. The van der Waals surface area contributed by atoms with Crippen molar-refractivity contribution in [2.45, 2.75) is 18.6 Å². The van der Waals surface area contributed by atoms with Crippen molar-refractivity contribution in [1.29, 1.82) is 0 Å². The van der Waals surface area contributed by atoms with Gasteiger partial charge in [0, 0.05) is 31.3 Å². The first-order chi connectivity index (χ1) is 18.3. The number of carbonyl (C=O) groups is 2. The van der Waals surface area contributed by atoms with Crippen LogP contribution in [0.5, 0.6) is 0 Å². The number of amides is 1. The normalized spacial score (nSPS) is 20.6. The van der Waals surface area contributed by atoms with Gasteiger partial charge in [0.15, 0.2) is 16.0 Å². The average Bonchev–Trinajstić information content (AvgIpc) is 3.55. The molecule has 11 nitrogen and oxygen atoms in total. The highest BCUT2D eigenvalue weighted by molar-refractivity contribution is 6.40. The number of carboxylic acids is 1. The molecule has 210 valence electrons. The van der Waals surface area contributed by atoms with Crippen LogP contribution in [-0.4, -0.2) is 79.9 Å². The standard InChI is InChI=1S/C20H19Cl2FN6O3.C2HF3O2/c21-16-17(22)29-18(25-16)14(26-27-20(29)32)4-9-1-2-13(23)11(3-9)19(31)28-6-10-5-24-15(8-30)12(10)7-28;3-2(4,5)1(6)7/h1-3,10,12,15,24,30H,4-8H2,(H,27,32);(H,6,7). The van der Waals surface area contributed by atoms with Crippen LogP contribution in [-0.2, 0) is 11.2 Å². The number of fused-ring (bicyclic) bond motifs is 2. The SMILES string of the molecule is O=C([O-])C(F)(F)F.O=C(c1cc(Cc2n[nH]c(=O)n3c(Cl)c(Cl)nc23)ccc1F)N1CC2C[NH2+]C(CO)C2C1. The third kappa shape index (κ3) is 5.85. The molecule has 2 aromatic heterocycles. The van der Waals surface area contributed by atoms with Crippen LogP contribution in [0.2, 0.25) is 10.3 Å². The van der Waals surface area contributed by atoms with Crippen molar-refractivity contribution in [3.63, 3.8) is 0 Å². The number of benzene rings is 1. The number of likely N-dealkylation sites (tertiary alicyclic amines) is 1. The molecule has 2 saturated heterocycles. The number of aliphatic hydroxyl groups excluding tert-OH is 1. The Labute approximate surface area is 226 Å². The van der Waals surface area contributed by atoms with Crippen LogP contribution in [0.15, 0.2) is 23.0 Å². The predicted octanol–water partition coefficient (Wildman–Crippen LogP) is -0.621. The number of H-pyrrole nitrogens is 1. The number of alkyl halides is 3. The van der Waals surface area contributed by atoms with E-state index in [9.17, 15) is 32.3 Å². The van der Waals surface area contributed by atoms with Crippen LogP contribution in [0.1, 0.15) is 21.6 Å². The number of quaternary nitrogens is 1. The van der Waals surface area contributed by atoms with Crippen LogP contribution in [0, 0.1) is 17.7 Å². The molecule has 1 amide bonds. The van der Waals surface area contributed by atoms with Crippen molar-refractivity contribution in [2.75, 3.05) is 26.2 Å². The number of imidazole rings is 1. The van der Waals surface area contributed by atoms with Crippen molar-refractivity contribution in [3.8, 4) is 0 Å². The summed E-state index contributed by atoms with van der Waals surface area (Å²) in [6.07, 6.45) is -5.02. The van der Waals surface area contributed by atoms with Crippen LogP contribution >= 0.6 is 23.2 Å². The van der Waals surface area contributed by atoms with Crippen molar-refractivity contribution < 1.29 is 42.7 Å². The summed E-state index contributed by atoms with van der Waals surface area (Å²) in [5, 5.41) is 26.8. The maximum atomic E-state index is 14.6. The van der Waals surface area contributed by atoms with Crippen molar-refractivity contribution in [3.05, 3.63) is 61.6 Å². The van der Waals surface area contributed by atoms with Crippen LogP contribution in [0.3, 0.4) is 0 Å². The Hall–Kier alpha value is -3.27. The largest absolute Gasteiger partial charge is 0.542 e. The molecule has 1 aromatic carbocycles. The van der Waals surface area contributed by atoms with Crippen molar-refractivity contribution in [1.82, 2.24) is 24.5 Å². The van der Waals surface area contributed by atoms with E-state index in [1.807, 2.05) is 0 Å². The van der Waals surface area contributed by atoms with E-state index in [-0.39, 0.29) is 52.4 Å². The molecule has 0 radical (unpaired) electrons. The molecule has 0 bridgehead atoms. The maximum Gasteiger partial charge on any atom is 0.430 e. The summed E-state index contributed by atoms with van der Waals surface area (Å²) >= 11 is 12.0. The first-order valence-electron chi connectivity index (χ1n) is 11.4. The Balaban J connectivity index is 0.000000448. The lowest BCUT2D eigenvalue weighted by Crippen LogP contribution is -2.89. The van der Waals surface area contributed by atoms with Crippen LogP contribution < -0.4 is 16.1 Å². The summed E-state index contributed by atoms with van der Waals surface area (Å²) in [6, 6.07) is 4.38. The second-order valence-electron chi connectivity index (χ2n) is 9.06. The number of nitrogens with two attached hydrogens (primary N) is 1. The number of carboxylic acid groups (broad SMARTS) is 1. The van der Waals surface area contributed by atoms with Gasteiger partial charge in [0.25, 0.3) is 5.91 Å². The van der Waals surface area contributed by atoms with Crippen LogP contribution in [0.25, 0.3) is 5.65 Å². The zero-order valence-corrected chi connectivity index (χ0v) is 21.2. The molecule has 5 rings (SSSR count). The predicted molar refractivity (Wildman–Crippen MR) is 124 cm³/mol. The number of aromatic nitrogens is 4. The molecule has 3 atom stereocenters. The minimum Gasteiger partial charge on any atom is -0.542 e. The van der Waals surface area contributed by atoms with E-state index in [1.54, 1.807) is 11.0 Å². The lowest BCUT2D eigenvalue weighted by atomic mass is 9.95. The Bertz CT molecular complexity index is 1480. The van der Waals surface area contributed by atoms with Gasteiger partial charge in [0.05, 0.1) is 18.7 Å². The molecular weight excluding hydrogens is 575 g/mol. The average molecular weight is 595 g/mol. The smallest absolute Gasteiger partial charge is 0.430 e. The van der Waals surface area contributed by atoms with Gasteiger partial charge in [-0.2, -0.15) is 18.3 Å². The number of aliphatic hydroxyl groups is 1. The van der Waals surface area contributed by atoms with Gasteiger partial charge in [0.2, 0.25) is 0 Å². The van der Waals surface area contributed by atoms with E-state index in [0.717, 1.165) is 10.9 Å². The number of aliphatic carboxylic acids is 1. The summed E-state index contributed by atoms with van der Waals surface area (Å²) in [5.74, 6) is -3.47. The third-order valence-electron chi connectivity index (χ3n) is 6.68. The highest BCUT2D eigenvalue weighted by atomic mass is 35.5. The molecule has 17 heteroatoms. The molecular formula is C22H20Cl2F4N6O5. The highest BCUT2D eigenvalue weighted by Crippen LogP contribution is 2.29. The number of carbonyl (C=O) groups excluding carboxylic acids is 2. The lowest BCUT2D eigenvalue weighted by molar-refractivity contribution is -0.676. The summed E-state index contributed by atoms with van der Waals surface area (Å²) in [4.78, 5) is 39.7. The van der Waals surface area contributed by atoms with E-state index in [0.29, 0.717) is 30.3 Å². The number of nitrogens with one attached hydrogen (secondary N) is 1. The second-order valence-corrected chi connectivity index (χ2v) is 9.77. The van der Waals surface area contributed by atoms with Crippen LogP contribution in [0.4, 0.5) is 17.6 Å². The topological polar surface area (TPSA) is 160 Å². The monoisotopic (exact) mass is 594 g/mol. The van der Waals surface area contributed by atoms with E-state index in [4.69, 9.17) is 33.1 Å². The Morgan fingerprint density at radius 1 is 1.26 bits per heavy atom. The Morgan fingerprint density at radius 3 is 2.59 bits per heavy atom. The van der Waals surface area contributed by atoms with Gasteiger partial charge in [-0.05, 0) is 17.7 Å². The molecule has 4 heterocycles. The van der Waals surface area contributed by atoms with Crippen molar-refractivity contribution >= 4 is 40.7 Å². The van der Waals surface area contributed by atoms with E-state index in [1.165, 1.54) is 12.1 Å². The maximum absolute atomic E-state index is 14.6. The molecule has 2 aliphatic heterocycles. The van der Waals surface area contributed by atoms with Gasteiger partial charge in [-0.25, -0.2) is 23.7 Å². The number of nitrogens with zero attached hydrogens (tertiary/aromatic N) is 4. The first-order valence-corrected chi connectivity index (χ1v) is 12.2. The number of hydrogen-bond acceptors (Lipinski definition) is 7. The quantitative estimate of drug-likeness (QED) is 0.339. The molecule has 2 aliphatic rings. The van der Waals surface area contributed by atoms with E-state index < -0.39 is 23.7 Å². The molecule has 0 saturated carbocycles. The summed E-state index contributed by atoms with van der Waals surface area (Å²) in [5.41, 5.74) is 0.584. The molecule has 3 aromatic rings. The molecule has 0 spiro atoms. The minimum atomic E-state index is -5.19. The fourth-order valence-corrected chi connectivity index (χ4v) is 5.19. The zero-order chi connectivity index (χ0) is 28.6. The molecule has 39 heavy (non-hydrogen) atoms. The van der Waals surface area contributed by atoms with Gasteiger partial charge in [-0.3, -0.25) is 4.79 Å². The Kier molecular flexibility index (Phi) is 8.16. The molecule has 2 fully saturated rings. The number of hydrogen-bond donors (Lipinski definition) is 3. The Morgan fingerprint density at radius 2 is 1.95 bits per heavy atom. The van der Waals surface area contributed by atoms with Gasteiger partial charge in [-0.15, -0.1) is 0 Å². The van der Waals surface area contributed by atoms with Gasteiger partial charge < -0.3 is 25.2 Å². The third-order valence-corrected chi connectivity index (χ3v) is 7.38. The lowest BCUT2D eigenvalue weighted by Gasteiger charge is -2.19. The second kappa shape index (κ2) is 11.1. The molecule has 3 unspecified atom stereocenters.